The van der Waals surface area contributed by atoms with Crippen LogP contribution >= 0.6 is 11.6 Å². The van der Waals surface area contributed by atoms with Crippen molar-refractivity contribution in [2.45, 2.75) is 56.3 Å². The molecule has 5 heterocycles. The van der Waals surface area contributed by atoms with Crippen LogP contribution in [0.4, 0.5) is 14.6 Å². The van der Waals surface area contributed by atoms with Gasteiger partial charge < -0.3 is 24.8 Å². The molecule has 1 saturated carbocycles. The third-order valence-electron chi connectivity index (χ3n) is 10.8. The number of phenolic OH excluding ortho intramolecular Hbond substituents is 1. The van der Waals surface area contributed by atoms with Crippen molar-refractivity contribution >= 4 is 39.1 Å². The highest BCUT2D eigenvalue weighted by atomic mass is 35.5. The number of hydrogen-bond donors (Lipinski definition) is 2. The first-order chi connectivity index (χ1) is 22.8. The van der Waals surface area contributed by atoms with E-state index in [0.29, 0.717) is 60.5 Å². The quantitative estimate of drug-likeness (QED) is 0.247. The molecule has 242 valence electrons. The summed E-state index contributed by atoms with van der Waals surface area (Å²) >= 11 is 6.89. The van der Waals surface area contributed by atoms with E-state index in [2.05, 4.69) is 26.0 Å². The van der Waals surface area contributed by atoms with Gasteiger partial charge in [0.1, 0.15) is 22.9 Å². The number of aromatic nitrogens is 2. The maximum absolute atomic E-state index is 17.0. The molecule has 11 heteroatoms. The van der Waals surface area contributed by atoms with Crippen LogP contribution in [0.1, 0.15) is 37.7 Å². The molecule has 1 aromatic heterocycles. The van der Waals surface area contributed by atoms with Gasteiger partial charge in [-0.1, -0.05) is 23.6 Å². The van der Waals surface area contributed by atoms with Gasteiger partial charge >= 0.3 is 6.01 Å². The van der Waals surface area contributed by atoms with Crippen molar-refractivity contribution in [3.8, 4) is 35.2 Å². The summed E-state index contributed by atoms with van der Waals surface area (Å²) < 4.78 is 44.1. The molecule has 9 rings (SSSR count). The molecule has 4 bridgehead atoms. The predicted molar refractivity (Wildman–Crippen MR) is 176 cm³/mol. The van der Waals surface area contributed by atoms with Gasteiger partial charge in [0.05, 0.1) is 29.9 Å². The number of halogens is 3. The minimum Gasteiger partial charge on any atom is -0.508 e. The molecule has 5 aliphatic rings. The topological polar surface area (TPSA) is 83.0 Å². The van der Waals surface area contributed by atoms with Crippen LogP contribution in [0.15, 0.2) is 30.3 Å². The first-order valence-electron chi connectivity index (χ1n) is 16.4. The highest BCUT2D eigenvalue weighted by Crippen LogP contribution is 2.49. The lowest BCUT2D eigenvalue weighted by atomic mass is 9.93. The van der Waals surface area contributed by atoms with Crippen molar-refractivity contribution in [3.63, 3.8) is 0 Å². The Bertz CT molecular complexity index is 1990. The highest BCUT2D eigenvalue weighted by Gasteiger charge is 2.49. The number of ether oxygens (including phenoxy) is 2. The zero-order valence-corrected chi connectivity index (χ0v) is 26.5. The van der Waals surface area contributed by atoms with E-state index in [-0.39, 0.29) is 49.8 Å². The largest absolute Gasteiger partial charge is 0.508 e. The zero-order valence-electron chi connectivity index (χ0n) is 25.7. The summed E-state index contributed by atoms with van der Waals surface area (Å²) in [4.78, 5) is 14.3. The number of rotatable bonds is 7. The van der Waals surface area contributed by atoms with E-state index in [0.717, 1.165) is 51.8 Å². The zero-order chi connectivity index (χ0) is 32.0. The van der Waals surface area contributed by atoms with Crippen LogP contribution in [0, 0.1) is 29.4 Å². The van der Waals surface area contributed by atoms with E-state index in [9.17, 15) is 9.50 Å². The minimum atomic E-state index is -0.715. The fourth-order valence-corrected chi connectivity index (χ4v) is 8.59. The van der Waals surface area contributed by atoms with Gasteiger partial charge in [-0.25, -0.2) is 8.78 Å². The van der Waals surface area contributed by atoms with Gasteiger partial charge in [0.15, 0.2) is 5.82 Å². The van der Waals surface area contributed by atoms with Gasteiger partial charge in [-0.05, 0) is 67.3 Å². The summed E-state index contributed by atoms with van der Waals surface area (Å²) in [5, 5.41) is 15.5. The van der Waals surface area contributed by atoms with E-state index in [1.165, 1.54) is 24.3 Å². The lowest BCUT2D eigenvalue weighted by Gasteiger charge is -2.34. The molecule has 0 spiro atoms. The molecule has 4 atom stereocenters. The third kappa shape index (κ3) is 4.98. The Labute approximate surface area is 276 Å². The van der Waals surface area contributed by atoms with E-state index >= 15 is 4.39 Å². The standard InChI is InChI=1S/C36H34ClF2N5O3/c1-2-25-29(38)6-3-19-9-23(45)11-26(30(19)25)31-28(37)12-27-33(32(31)39)41-35(42-34(27)43-13-20-4-5-21(14-43)40-20)47-18-36(7-8-36)17-44-15-24-10-22(44)16-46-24/h1,3,6,9,11-12,20-22,24,40,45H,4-5,7-8,10,13-18H2/t20?,21?,22-,24-/m0/s1. The summed E-state index contributed by atoms with van der Waals surface area (Å²) in [6, 6.07) is 8.43. The molecule has 0 amide bonds. The second kappa shape index (κ2) is 10.9. The Morgan fingerprint density at radius 3 is 2.64 bits per heavy atom. The normalized spacial score (nSPS) is 26.0. The number of likely N-dealkylation sites (tertiary alicyclic amines) is 1. The fourth-order valence-electron chi connectivity index (χ4n) is 8.29. The number of hydrogen-bond acceptors (Lipinski definition) is 8. The van der Waals surface area contributed by atoms with Crippen molar-refractivity contribution in [3.05, 3.63) is 52.6 Å². The second-order valence-corrected chi connectivity index (χ2v) is 14.4. The number of nitrogens with one attached hydrogen (secondary N) is 1. The average Bonchev–Trinajstić information content (AvgIpc) is 3.32. The molecule has 2 N–H and O–H groups in total. The number of piperazine rings is 1. The van der Waals surface area contributed by atoms with Gasteiger partial charge in [0, 0.05) is 66.1 Å². The molecule has 4 saturated heterocycles. The third-order valence-corrected chi connectivity index (χ3v) is 11.1. The van der Waals surface area contributed by atoms with Gasteiger partial charge in [0.2, 0.25) is 0 Å². The van der Waals surface area contributed by atoms with Crippen LogP contribution in [-0.4, -0.2) is 83.6 Å². The van der Waals surface area contributed by atoms with Crippen molar-refractivity contribution in [1.82, 2.24) is 20.2 Å². The maximum atomic E-state index is 17.0. The van der Waals surface area contributed by atoms with Crippen LogP contribution in [0.3, 0.4) is 0 Å². The summed E-state index contributed by atoms with van der Waals surface area (Å²) in [6.07, 6.45) is 11.4. The average molecular weight is 658 g/mol. The summed E-state index contributed by atoms with van der Waals surface area (Å²) in [5.41, 5.74) is 0.175. The molecule has 8 nitrogen and oxygen atoms in total. The molecule has 4 aliphatic heterocycles. The Hall–Kier alpha value is -3.75. The van der Waals surface area contributed by atoms with Crippen LogP contribution in [0.2, 0.25) is 5.02 Å². The van der Waals surface area contributed by atoms with Crippen LogP contribution in [0.5, 0.6) is 11.8 Å². The van der Waals surface area contributed by atoms with E-state index < -0.39 is 11.6 Å². The molecule has 2 unspecified atom stereocenters. The number of nitrogens with zero attached hydrogens (tertiary/aromatic N) is 4. The minimum absolute atomic E-state index is 0.0109. The molecule has 3 aromatic carbocycles. The predicted octanol–water partition coefficient (Wildman–Crippen LogP) is 5.64. The van der Waals surface area contributed by atoms with E-state index in [1.807, 2.05) is 0 Å². The van der Waals surface area contributed by atoms with Crippen LogP contribution < -0.4 is 15.0 Å². The summed E-state index contributed by atoms with van der Waals surface area (Å²) in [7, 11) is 0. The Kier molecular flexibility index (Phi) is 6.81. The van der Waals surface area contributed by atoms with Crippen molar-refractivity contribution in [2.24, 2.45) is 5.41 Å². The number of aromatic hydroxyl groups is 1. The molecular weight excluding hydrogens is 624 g/mol. The van der Waals surface area contributed by atoms with E-state index in [1.54, 1.807) is 6.07 Å². The maximum Gasteiger partial charge on any atom is 0.319 e. The first kappa shape index (κ1) is 29.4. The first-order valence-corrected chi connectivity index (χ1v) is 16.8. The van der Waals surface area contributed by atoms with Crippen molar-refractivity contribution in [2.75, 3.05) is 44.3 Å². The van der Waals surface area contributed by atoms with Gasteiger partial charge in [-0.2, -0.15) is 9.97 Å². The number of anilines is 1. The molecule has 4 aromatic rings. The van der Waals surface area contributed by atoms with Crippen LogP contribution in [0.25, 0.3) is 32.8 Å². The summed E-state index contributed by atoms with van der Waals surface area (Å²) in [6.45, 7) is 4.55. The van der Waals surface area contributed by atoms with E-state index in [4.69, 9.17) is 32.5 Å². The van der Waals surface area contributed by atoms with Gasteiger partial charge in [-0.15, -0.1) is 6.42 Å². The molecule has 47 heavy (non-hydrogen) atoms. The number of phenols is 1. The van der Waals surface area contributed by atoms with Gasteiger partial charge in [-0.3, -0.25) is 4.90 Å². The monoisotopic (exact) mass is 657 g/mol. The second-order valence-electron chi connectivity index (χ2n) is 14.0. The SMILES string of the molecule is C#Cc1c(F)ccc2cc(O)cc(-c3c(Cl)cc4c(N5CC6CCC(C5)N6)nc(OCC5(CN6C[C@@H]7C[C@H]6CO7)CC5)nc4c3F)c12. The fraction of sp³-hybridized carbons (Fsp3) is 0.444. The molecule has 5 fully saturated rings. The number of benzene rings is 3. The summed E-state index contributed by atoms with van der Waals surface area (Å²) in [5.74, 6) is 1.50. The Balaban J connectivity index is 1.15. The van der Waals surface area contributed by atoms with Gasteiger partial charge in [0.25, 0.3) is 0 Å². The van der Waals surface area contributed by atoms with Crippen molar-refractivity contribution in [1.29, 1.82) is 0 Å². The molecular formula is C36H34ClF2N5O3. The lowest BCUT2D eigenvalue weighted by molar-refractivity contribution is 0.0176. The smallest absolute Gasteiger partial charge is 0.319 e. The Morgan fingerprint density at radius 1 is 1.13 bits per heavy atom. The highest BCUT2D eigenvalue weighted by molar-refractivity contribution is 6.35. The Morgan fingerprint density at radius 2 is 1.94 bits per heavy atom. The van der Waals surface area contributed by atoms with Crippen LogP contribution in [-0.2, 0) is 4.74 Å². The van der Waals surface area contributed by atoms with Crippen molar-refractivity contribution < 1.29 is 23.4 Å². The number of fused-ring (bicyclic) bond motifs is 6. The molecule has 1 aliphatic carbocycles. The number of terminal acetylenes is 1. The number of morpholine rings is 1. The molecule has 0 radical (unpaired) electrons. The lowest BCUT2D eigenvalue weighted by Crippen LogP contribution is -2.51.